The standard InChI is InChI=1S/C21H30N2O5S2/c1-28-21(25)18-13-15-7-3-4-8-17(15)23(18)19(24)14-16-9-10-20(29-16)30(26,27)22-11-5-2-6-12-22/h9-10,15,17-18H,2-8,11-14H2,1H3. The number of carbonyl (C=O) groups excluding carboxylic acids is 2. The van der Waals surface area contributed by atoms with Crippen LogP contribution in [0.2, 0.25) is 0 Å². The van der Waals surface area contributed by atoms with Crippen molar-refractivity contribution in [3.8, 4) is 0 Å². The largest absolute Gasteiger partial charge is 0.467 e. The van der Waals surface area contributed by atoms with Gasteiger partial charge in [-0.1, -0.05) is 19.3 Å². The van der Waals surface area contributed by atoms with Gasteiger partial charge in [-0.15, -0.1) is 11.3 Å². The van der Waals surface area contributed by atoms with E-state index in [1.807, 2.05) is 0 Å². The van der Waals surface area contributed by atoms with Crippen LogP contribution in [0.4, 0.5) is 0 Å². The van der Waals surface area contributed by atoms with Gasteiger partial charge < -0.3 is 9.64 Å². The minimum atomic E-state index is -3.49. The molecule has 30 heavy (non-hydrogen) atoms. The summed E-state index contributed by atoms with van der Waals surface area (Å²) in [4.78, 5) is 28.0. The van der Waals surface area contributed by atoms with Gasteiger partial charge in [0.1, 0.15) is 10.3 Å². The summed E-state index contributed by atoms with van der Waals surface area (Å²) in [7, 11) is -2.13. The van der Waals surface area contributed by atoms with Crippen LogP contribution >= 0.6 is 11.3 Å². The maximum absolute atomic E-state index is 13.2. The van der Waals surface area contributed by atoms with Crippen molar-refractivity contribution in [3.63, 3.8) is 0 Å². The molecule has 0 radical (unpaired) electrons. The van der Waals surface area contributed by atoms with E-state index in [0.29, 0.717) is 29.6 Å². The van der Waals surface area contributed by atoms with Crippen LogP contribution in [0.3, 0.4) is 0 Å². The van der Waals surface area contributed by atoms with Crippen molar-refractivity contribution in [1.82, 2.24) is 9.21 Å². The molecule has 0 aromatic carbocycles. The van der Waals surface area contributed by atoms with Gasteiger partial charge in [0.2, 0.25) is 5.91 Å². The molecule has 1 aliphatic carbocycles. The summed E-state index contributed by atoms with van der Waals surface area (Å²) in [6.45, 7) is 1.12. The molecule has 2 saturated heterocycles. The summed E-state index contributed by atoms with van der Waals surface area (Å²) in [5, 5.41) is 0. The molecule has 1 saturated carbocycles. The molecule has 4 rings (SSSR count). The molecule has 3 heterocycles. The number of ether oxygens (including phenoxy) is 1. The number of nitrogens with zero attached hydrogens (tertiary/aromatic N) is 2. The molecule has 3 aliphatic rings. The molecular formula is C21H30N2O5S2. The molecule has 3 unspecified atom stereocenters. The van der Waals surface area contributed by atoms with E-state index in [-0.39, 0.29) is 24.3 Å². The number of methoxy groups -OCH3 is 1. The fourth-order valence-corrected chi connectivity index (χ4v) is 8.25. The summed E-state index contributed by atoms with van der Waals surface area (Å²) in [5.74, 6) is -0.106. The van der Waals surface area contributed by atoms with Gasteiger partial charge in [0.25, 0.3) is 10.0 Å². The Morgan fingerprint density at radius 2 is 1.83 bits per heavy atom. The molecule has 9 heteroatoms. The lowest BCUT2D eigenvalue weighted by Crippen LogP contribution is -2.47. The van der Waals surface area contributed by atoms with E-state index in [9.17, 15) is 18.0 Å². The highest BCUT2D eigenvalue weighted by molar-refractivity contribution is 7.91. The molecule has 3 fully saturated rings. The van der Waals surface area contributed by atoms with Gasteiger partial charge in [0, 0.05) is 24.0 Å². The van der Waals surface area contributed by atoms with Crippen molar-refractivity contribution >= 4 is 33.2 Å². The van der Waals surface area contributed by atoms with Gasteiger partial charge in [0.15, 0.2) is 0 Å². The SMILES string of the molecule is COC(=O)C1CC2CCCCC2N1C(=O)Cc1ccc(S(=O)(=O)N2CCCCC2)s1. The Morgan fingerprint density at radius 3 is 2.57 bits per heavy atom. The highest BCUT2D eigenvalue weighted by Crippen LogP contribution is 2.40. The van der Waals surface area contributed by atoms with Crippen LogP contribution < -0.4 is 0 Å². The van der Waals surface area contributed by atoms with Crippen LogP contribution in [0.25, 0.3) is 0 Å². The molecule has 166 valence electrons. The zero-order valence-corrected chi connectivity index (χ0v) is 19.1. The van der Waals surface area contributed by atoms with Crippen molar-refractivity contribution < 1.29 is 22.7 Å². The minimum absolute atomic E-state index is 0.0897. The maximum atomic E-state index is 13.2. The molecule has 1 aromatic heterocycles. The van der Waals surface area contributed by atoms with Gasteiger partial charge in [-0.3, -0.25) is 4.79 Å². The van der Waals surface area contributed by atoms with Crippen LogP contribution in [0.5, 0.6) is 0 Å². The fourth-order valence-electron chi connectivity index (χ4n) is 5.23. The Labute approximate surface area is 182 Å². The summed E-state index contributed by atoms with van der Waals surface area (Å²) < 4.78 is 32.6. The van der Waals surface area contributed by atoms with E-state index in [1.165, 1.54) is 18.4 Å². The van der Waals surface area contributed by atoms with E-state index >= 15 is 0 Å². The highest BCUT2D eigenvalue weighted by atomic mass is 32.2. The minimum Gasteiger partial charge on any atom is -0.467 e. The molecule has 0 spiro atoms. The fraction of sp³-hybridized carbons (Fsp3) is 0.714. The summed E-state index contributed by atoms with van der Waals surface area (Å²) in [6, 6.07) is 2.92. The number of esters is 1. The second-order valence-corrected chi connectivity index (χ2v) is 11.9. The normalized spacial score (nSPS) is 27.6. The Kier molecular flexibility index (Phi) is 6.50. The molecule has 7 nitrogen and oxygen atoms in total. The van der Waals surface area contributed by atoms with E-state index in [4.69, 9.17) is 4.74 Å². The monoisotopic (exact) mass is 454 g/mol. The van der Waals surface area contributed by atoms with E-state index in [2.05, 4.69) is 0 Å². The second kappa shape index (κ2) is 8.96. The molecular weight excluding hydrogens is 424 g/mol. The second-order valence-electron chi connectivity index (χ2n) is 8.55. The van der Waals surface area contributed by atoms with Crippen molar-refractivity contribution in [2.75, 3.05) is 20.2 Å². The first-order valence-corrected chi connectivity index (χ1v) is 13.2. The summed E-state index contributed by atoms with van der Waals surface area (Å²) in [6.07, 6.45) is 7.80. The number of likely N-dealkylation sites (tertiary alicyclic amines) is 1. The zero-order valence-electron chi connectivity index (χ0n) is 17.4. The van der Waals surface area contributed by atoms with Crippen LogP contribution in [-0.4, -0.2) is 61.8 Å². The number of hydrogen-bond acceptors (Lipinski definition) is 6. The lowest BCUT2D eigenvalue weighted by atomic mass is 9.84. The molecule has 0 bridgehead atoms. The van der Waals surface area contributed by atoms with Crippen LogP contribution in [0.15, 0.2) is 16.3 Å². The average molecular weight is 455 g/mol. The van der Waals surface area contributed by atoms with Crippen LogP contribution in [-0.2, 0) is 30.8 Å². The number of rotatable bonds is 5. The highest BCUT2D eigenvalue weighted by Gasteiger charge is 2.47. The van der Waals surface area contributed by atoms with Crippen LogP contribution in [0.1, 0.15) is 56.2 Å². The maximum Gasteiger partial charge on any atom is 0.328 e. The van der Waals surface area contributed by atoms with Crippen LogP contribution in [0, 0.1) is 5.92 Å². The number of thiophene rings is 1. The van der Waals surface area contributed by atoms with Crippen molar-refractivity contribution in [3.05, 3.63) is 17.0 Å². The molecule has 2 aliphatic heterocycles. The molecule has 0 N–H and O–H groups in total. The molecule has 1 amide bonds. The number of amides is 1. The van der Waals surface area contributed by atoms with Crippen molar-refractivity contribution in [2.45, 2.75) is 74.1 Å². The van der Waals surface area contributed by atoms with E-state index < -0.39 is 16.1 Å². The number of fused-ring (bicyclic) bond motifs is 1. The third-order valence-electron chi connectivity index (χ3n) is 6.72. The van der Waals surface area contributed by atoms with Gasteiger partial charge in [-0.25, -0.2) is 13.2 Å². The van der Waals surface area contributed by atoms with E-state index in [1.54, 1.807) is 21.3 Å². The van der Waals surface area contributed by atoms with Gasteiger partial charge in [-0.2, -0.15) is 4.31 Å². The van der Waals surface area contributed by atoms with Crippen molar-refractivity contribution in [1.29, 1.82) is 0 Å². The Hall–Kier alpha value is -1.45. The number of piperidine rings is 1. The smallest absolute Gasteiger partial charge is 0.328 e. The first-order valence-electron chi connectivity index (χ1n) is 10.9. The first kappa shape index (κ1) is 21.8. The Bertz CT molecular complexity index is 891. The quantitative estimate of drug-likeness (QED) is 0.639. The van der Waals surface area contributed by atoms with E-state index in [0.717, 1.165) is 49.8 Å². The zero-order chi connectivity index (χ0) is 21.3. The Balaban J connectivity index is 1.50. The van der Waals surface area contributed by atoms with Crippen molar-refractivity contribution in [2.24, 2.45) is 5.92 Å². The summed E-state index contributed by atoms with van der Waals surface area (Å²) in [5.41, 5.74) is 0. The van der Waals surface area contributed by atoms with Gasteiger partial charge in [-0.05, 0) is 50.2 Å². The first-order chi connectivity index (χ1) is 14.4. The number of hydrogen-bond donors (Lipinski definition) is 0. The lowest BCUT2D eigenvalue weighted by Gasteiger charge is -2.33. The predicted octanol–water partition coefficient (Wildman–Crippen LogP) is 2.80. The molecule has 1 aromatic rings. The number of carbonyl (C=O) groups is 2. The summed E-state index contributed by atoms with van der Waals surface area (Å²) >= 11 is 1.17. The molecule has 3 atom stereocenters. The topological polar surface area (TPSA) is 84.0 Å². The third kappa shape index (κ3) is 4.16. The lowest BCUT2D eigenvalue weighted by molar-refractivity contribution is -0.152. The van der Waals surface area contributed by atoms with Gasteiger partial charge >= 0.3 is 5.97 Å². The Morgan fingerprint density at radius 1 is 1.10 bits per heavy atom. The van der Waals surface area contributed by atoms with Gasteiger partial charge in [0.05, 0.1) is 13.5 Å². The average Bonchev–Trinajstić information content (AvgIpc) is 3.39. The predicted molar refractivity (Wildman–Crippen MR) is 114 cm³/mol. The number of sulfonamides is 1. The third-order valence-corrected chi connectivity index (χ3v) is 10.2.